The number of piperidine rings is 1. The monoisotopic (exact) mass is 355 g/mol. The van der Waals surface area contributed by atoms with E-state index in [1.807, 2.05) is 21.8 Å². The Balaban J connectivity index is 1.34. The van der Waals surface area contributed by atoms with E-state index in [0.717, 1.165) is 38.5 Å². The number of hydrogen-bond donors (Lipinski definition) is 1. The smallest absolute Gasteiger partial charge is 0.244 e. The summed E-state index contributed by atoms with van der Waals surface area (Å²) in [5.41, 5.74) is 1.17. The van der Waals surface area contributed by atoms with Gasteiger partial charge >= 0.3 is 0 Å². The molecule has 1 atom stereocenters. The molecule has 2 aromatic rings. The summed E-state index contributed by atoms with van der Waals surface area (Å²) < 4.78 is 1.88. The number of rotatable bonds is 4. The minimum Gasteiger partial charge on any atom is -0.338 e. The Labute approximate surface area is 153 Å². The number of piperazine rings is 1. The Kier molecular flexibility index (Phi) is 5.10. The van der Waals surface area contributed by atoms with Gasteiger partial charge in [0.2, 0.25) is 11.9 Å². The van der Waals surface area contributed by atoms with E-state index in [1.165, 1.54) is 12.1 Å². The molecule has 0 spiro atoms. The zero-order valence-electron chi connectivity index (χ0n) is 14.9. The van der Waals surface area contributed by atoms with Crippen molar-refractivity contribution in [2.24, 2.45) is 0 Å². The standard InChI is InChI=1S/C18H25N7O/c26-17(14-25-16(4-8-22-25)15-3-1-5-19-13-15)23-9-11-24(12-10-23)18-20-6-2-7-21-18/h2,4,6-8,15,19H,1,3,5,9-14H2/t15-/m0/s1. The molecular weight excluding hydrogens is 330 g/mol. The fourth-order valence-corrected chi connectivity index (χ4v) is 3.76. The minimum atomic E-state index is 0.132. The van der Waals surface area contributed by atoms with Crippen LogP contribution in [0.1, 0.15) is 24.5 Å². The molecule has 0 radical (unpaired) electrons. The molecule has 2 fully saturated rings. The number of nitrogens with one attached hydrogen (secondary N) is 1. The topological polar surface area (TPSA) is 79.2 Å². The molecule has 2 aliphatic heterocycles. The molecule has 0 aromatic carbocycles. The molecule has 0 bridgehead atoms. The van der Waals surface area contributed by atoms with Crippen LogP contribution in [0.4, 0.5) is 5.95 Å². The van der Waals surface area contributed by atoms with E-state index >= 15 is 0 Å². The summed E-state index contributed by atoms with van der Waals surface area (Å²) in [4.78, 5) is 25.4. The van der Waals surface area contributed by atoms with Crippen molar-refractivity contribution in [3.63, 3.8) is 0 Å². The largest absolute Gasteiger partial charge is 0.338 e. The second-order valence-corrected chi connectivity index (χ2v) is 6.87. The lowest BCUT2D eigenvalue weighted by Gasteiger charge is -2.34. The van der Waals surface area contributed by atoms with Crippen molar-refractivity contribution in [3.8, 4) is 0 Å². The van der Waals surface area contributed by atoms with Crippen molar-refractivity contribution in [2.45, 2.75) is 25.3 Å². The van der Waals surface area contributed by atoms with Crippen molar-refractivity contribution >= 4 is 11.9 Å². The number of nitrogens with zero attached hydrogens (tertiary/aromatic N) is 6. The molecule has 1 N–H and O–H groups in total. The highest BCUT2D eigenvalue weighted by molar-refractivity contribution is 5.76. The van der Waals surface area contributed by atoms with E-state index in [0.29, 0.717) is 25.6 Å². The molecule has 138 valence electrons. The lowest BCUT2D eigenvalue weighted by molar-refractivity contribution is -0.132. The van der Waals surface area contributed by atoms with Crippen molar-refractivity contribution in [1.29, 1.82) is 0 Å². The van der Waals surface area contributed by atoms with Crippen LogP contribution in [-0.4, -0.2) is 69.8 Å². The van der Waals surface area contributed by atoms with Crippen molar-refractivity contribution in [2.75, 3.05) is 44.2 Å². The van der Waals surface area contributed by atoms with Gasteiger partial charge in [-0.05, 0) is 31.5 Å². The van der Waals surface area contributed by atoms with Gasteiger partial charge in [0.25, 0.3) is 0 Å². The van der Waals surface area contributed by atoms with Gasteiger partial charge < -0.3 is 15.1 Å². The molecule has 8 nitrogen and oxygen atoms in total. The minimum absolute atomic E-state index is 0.132. The van der Waals surface area contributed by atoms with Crippen molar-refractivity contribution in [1.82, 2.24) is 30.0 Å². The predicted octanol–water partition coefficient (Wildman–Crippen LogP) is 0.489. The highest BCUT2D eigenvalue weighted by Gasteiger charge is 2.25. The van der Waals surface area contributed by atoms with Gasteiger partial charge in [0.15, 0.2) is 0 Å². The van der Waals surface area contributed by atoms with Crippen molar-refractivity contribution < 1.29 is 4.79 Å². The van der Waals surface area contributed by atoms with E-state index in [-0.39, 0.29) is 5.91 Å². The van der Waals surface area contributed by atoms with Gasteiger partial charge in [-0.15, -0.1) is 0 Å². The van der Waals surface area contributed by atoms with Crippen LogP contribution in [0.2, 0.25) is 0 Å². The second-order valence-electron chi connectivity index (χ2n) is 6.87. The van der Waals surface area contributed by atoms with Crippen molar-refractivity contribution in [3.05, 3.63) is 36.4 Å². The van der Waals surface area contributed by atoms with Gasteiger partial charge in [0, 0.05) is 62.9 Å². The number of anilines is 1. The Morgan fingerprint density at radius 3 is 2.69 bits per heavy atom. The van der Waals surface area contributed by atoms with Crippen LogP contribution in [0.5, 0.6) is 0 Å². The third-order valence-corrected chi connectivity index (χ3v) is 5.22. The molecule has 4 heterocycles. The molecule has 0 aliphatic carbocycles. The lowest BCUT2D eigenvalue weighted by Crippen LogP contribution is -2.50. The van der Waals surface area contributed by atoms with Crippen LogP contribution in [0.3, 0.4) is 0 Å². The average Bonchev–Trinajstić information content (AvgIpc) is 3.17. The third kappa shape index (κ3) is 3.70. The zero-order chi connectivity index (χ0) is 17.8. The van der Waals surface area contributed by atoms with Gasteiger partial charge in [0.05, 0.1) is 0 Å². The first-order valence-electron chi connectivity index (χ1n) is 9.33. The maximum atomic E-state index is 12.7. The Morgan fingerprint density at radius 1 is 1.15 bits per heavy atom. The van der Waals surface area contributed by atoms with Gasteiger partial charge in [-0.1, -0.05) is 0 Å². The molecule has 0 saturated carbocycles. The van der Waals surface area contributed by atoms with E-state index < -0.39 is 0 Å². The lowest BCUT2D eigenvalue weighted by atomic mass is 9.96. The first-order valence-corrected chi connectivity index (χ1v) is 9.33. The summed E-state index contributed by atoms with van der Waals surface area (Å²) >= 11 is 0. The fourth-order valence-electron chi connectivity index (χ4n) is 3.76. The summed E-state index contributed by atoms with van der Waals surface area (Å²) in [6.07, 6.45) is 7.64. The van der Waals surface area contributed by atoms with Crippen LogP contribution in [0, 0.1) is 0 Å². The van der Waals surface area contributed by atoms with Crippen LogP contribution < -0.4 is 10.2 Å². The molecule has 4 rings (SSSR count). The predicted molar refractivity (Wildman–Crippen MR) is 97.9 cm³/mol. The van der Waals surface area contributed by atoms with E-state index in [9.17, 15) is 4.79 Å². The number of amides is 1. The molecule has 26 heavy (non-hydrogen) atoms. The quantitative estimate of drug-likeness (QED) is 0.860. The van der Waals surface area contributed by atoms with Crippen LogP contribution in [-0.2, 0) is 11.3 Å². The van der Waals surface area contributed by atoms with Gasteiger partial charge in [-0.2, -0.15) is 5.10 Å². The van der Waals surface area contributed by atoms with E-state index in [2.05, 4.69) is 31.3 Å². The fraction of sp³-hybridized carbons (Fsp3) is 0.556. The summed E-state index contributed by atoms with van der Waals surface area (Å²) in [7, 11) is 0. The zero-order valence-corrected chi connectivity index (χ0v) is 14.9. The summed E-state index contributed by atoms with van der Waals surface area (Å²) in [5.74, 6) is 1.32. The van der Waals surface area contributed by atoms with Gasteiger partial charge in [0.1, 0.15) is 6.54 Å². The molecule has 0 unspecified atom stereocenters. The molecule has 2 aromatic heterocycles. The molecule has 2 aliphatic rings. The van der Waals surface area contributed by atoms with E-state index in [1.54, 1.807) is 12.4 Å². The normalized spacial score (nSPS) is 21.0. The number of aromatic nitrogens is 4. The number of carbonyl (C=O) groups excluding carboxylic acids is 1. The van der Waals surface area contributed by atoms with Gasteiger partial charge in [-0.25, -0.2) is 9.97 Å². The first-order chi connectivity index (χ1) is 12.8. The first kappa shape index (κ1) is 17.0. The summed E-state index contributed by atoms with van der Waals surface area (Å²) in [6, 6.07) is 3.86. The van der Waals surface area contributed by atoms with Gasteiger partial charge in [-0.3, -0.25) is 9.48 Å². The van der Waals surface area contributed by atoms with Crippen LogP contribution in [0.15, 0.2) is 30.7 Å². The molecule has 8 heteroatoms. The van der Waals surface area contributed by atoms with E-state index in [4.69, 9.17) is 0 Å². The highest BCUT2D eigenvalue weighted by atomic mass is 16.2. The Bertz CT molecular complexity index is 718. The number of carbonyl (C=O) groups is 1. The third-order valence-electron chi connectivity index (χ3n) is 5.22. The highest BCUT2D eigenvalue weighted by Crippen LogP contribution is 2.23. The Hall–Kier alpha value is -2.48. The summed E-state index contributed by atoms with van der Waals surface area (Å²) in [6.45, 7) is 5.27. The molecular formula is C18H25N7O. The van der Waals surface area contributed by atoms with Crippen LogP contribution in [0.25, 0.3) is 0 Å². The second kappa shape index (κ2) is 7.82. The maximum absolute atomic E-state index is 12.7. The number of hydrogen-bond acceptors (Lipinski definition) is 6. The molecule has 2 saturated heterocycles. The SMILES string of the molecule is O=C(Cn1nccc1[C@H]1CCCNC1)N1CCN(c2ncccn2)CC1. The molecule has 1 amide bonds. The van der Waals surface area contributed by atoms with Crippen LogP contribution >= 0.6 is 0 Å². The summed E-state index contributed by atoms with van der Waals surface area (Å²) in [5, 5.41) is 7.83. The average molecular weight is 355 g/mol. The maximum Gasteiger partial charge on any atom is 0.244 e. The Morgan fingerprint density at radius 2 is 1.96 bits per heavy atom.